The van der Waals surface area contributed by atoms with Crippen molar-refractivity contribution in [2.24, 2.45) is 12.0 Å². The zero-order valence-corrected chi connectivity index (χ0v) is 21.5. The highest BCUT2D eigenvalue weighted by Gasteiger charge is 2.23. The number of halogens is 2. The third kappa shape index (κ3) is 6.61. The Kier molecular flexibility index (Phi) is 9.67. The first-order valence-electron chi connectivity index (χ1n) is 10.8. The predicted octanol–water partition coefficient (Wildman–Crippen LogP) is 3.47. The van der Waals surface area contributed by atoms with Gasteiger partial charge < -0.3 is 15.2 Å². The first kappa shape index (κ1) is 25.5. The Morgan fingerprint density at radius 1 is 1.32 bits per heavy atom. The largest absolute Gasteiger partial charge is 0.355 e. The van der Waals surface area contributed by atoms with Crippen LogP contribution in [0.5, 0.6) is 0 Å². The van der Waals surface area contributed by atoms with E-state index in [1.165, 1.54) is 12.8 Å². The highest BCUT2D eigenvalue weighted by molar-refractivity contribution is 14.0. The molecule has 7 nitrogen and oxygen atoms in total. The molecule has 1 saturated heterocycles. The van der Waals surface area contributed by atoms with Crippen LogP contribution in [0.25, 0.3) is 0 Å². The van der Waals surface area contributed by atoms with Crippen LogP contribution < -0.4 is 10.6 Å². The molecule has 0 radical (unpaired) electrons. The number of nitrogens with one attached hydrogen (secondary N) is 2. The number of likely N-dealkylation sites (N-methyl/N-ethyl adjacent to an activating group) is 1. The second-order valence-corrected chi connectivity index (χ2v) is 8.07. The van der Waals surface area contributed by atoms with Gasteiger partial charge >= 0.3 is 0 Å². The molecule has 2 N–H and O–H groups in total. The van der Waals surface area contributed by atoms with Crippen molar-refractivity contribution in [3.8, 4) is 0 Å². The fraction of sp³-hybridized carbons (Fsp3) is 0.591. The van der Waals surface area contributed by atoms with Gasteiger partial charge in [0.05, 0.1) is 6.04 Å². The van der Waals surface area contributed by atoms with E-state index < -0.39 is 0 Å². The molecule has 3 rings (SSSR count). The molecular weight excluding hydrogens is 508 g/mol. The predicted molar refractivity (Wildman–Crippen MR) is 133 cm³/mol. The van der Waals surface area contributed by atoms with Crippen molar-refractivity contribution in [1.29, 1.82) is 0 Å². The molecule has 1 aliphatic rings. The lowest BCUT2D eigenvalue weighted by molar-refractivity contribution is 0.267. The Hall–Kier alpha value is -1.75. The lowest BCUT2D eigenvalue weighted by atomic mass is 10.1. The highest BCUT2D eigenvalue weighted by atomic mass is 127. The Bertz CT molecular complexity index is 883. The molecular formula is C22H35FIN7. The molecule has 2 atom stereocenters. The fourth-order valence-corrected chi connectivity index (χ4v) is 3.82. The average molecular weight is 543 g/mol. The van der Waals surface area contributed by atoms with Gasteiger partial charge in [-0.1, -0.05) is 19.1 Å². The van der Waals surface area contributed by atoms with Crippen molar-refractivity contribution in [3.05, 3.63) is 46.8 Å². The summed E-state index contributed by atoms with van der Waals surface area (Å²) < 4.78 is 16.0. The van der Waals surface area contributed by atoms with Crippen LogP contribution in [0.4, 0.5) is 4.39 Å². The van der Waals surface area contributed by atoms with E-state index in [2.05, 4.69) is 32.7 Å². The van der Waals surface area contributed by atoms with Crippen LogP contribution in [0.3, 0.4) is 0 Å². The van der Waals surface area contributed by atoms with Gasteiger partial charge in [0, 0.05) is 19.6 Å². The Morgan fingerprint density at radius 2 is 2.10 bits per heavy atom. The molecule has 0 aliphatic carbocycles. The number of rotatable bonds is 7. The van der Waals surface area contributed by atoms with E-state index in [0.29, 0.717) is 24.1 Å². The van der Waals surface area contributed by atoms with Crippen molar-refractivity contribution < 1.29 is 4.39 Å². The quantitative estimate of drug-likeness (QED) is 0.318. The van der Waals surface area contributed by atoms with E-state index in [1.54, 1.807) is 13.0 Å². The number of benzene rings is 1. The number of aromatic nitrogens is 3. The summed E-state index contributed by atoms with van der Waals surface area (Å²) in [5, 5.41) is 15.2. The molecule has 1 fully saturated rings. The van der Waals surface area contributed by atoms with Crippen LogP contribution in [0, 0.1) is 19.7 Å². The zero-order valence-electron chi connectivity index (χ0n) is 19.2. The van der Waals surface area contributed by atoms with Crippen LogP contribution in [0.1, 0.15) is 55.5 Å². The number of nitrogens with zero attached hydrogens (tertiary/aromatic N) is 5. The normalized spacial score (nSPS) is 18.0. The molecule has 9 heteroatoms. The van der Waals surface area contributed by atoms with E-state index in [1.807, 2.05) is 37.6 Å². The van der Waals surface area contributed by atoms with Crippen molar-refractivity contribution in [2.45, 2.75) is 59.2 Å². The molecule has 0 spiro atoms. The Labute approximate surface area is 201 Å². The molecule has 0 bridgehead atoms. The molecule has 1 aromatic heterocycles. The van der Waals surface area contributed by atoms with E-state index in [0.717, 1.165) is 36.8 Å². The summed E-state index contributed by atoms with van der Waals surface area (Å²) in [5.74, 6) is 2.17. The minimum Gasteiger partial charge on any atom is -0.355 e. The molecule has 0 saturated carbocycles. The third-order valence-electron chi connectivity index (χ3n) is 6.02. The van der Waals surface area contributed by atoms with Gasteiger partial charge in [-0.15, -0.1) is 34.2 Å². The van der Waals surface area contributed by atoms with Gasteiger partial charge in [0.15, 0.2) is 11.8 Å². The van der Waals surface area contributed by atoms with Crippen LogP contribution in [0.2, 0.25) is 0 Å². The van der Waals surface area contributed by atoms with E-state index in [-0.39, 0.29) is 35.8 Å². The summed E-state index contributed by atoms with van der Waals surface area (Å²) in [6.45, 7) is 11.4. The summed E-state index contributed by atoms with van der Waals surface area (Å²) in [4.78, 5) is 7.24. The van der Waals surface area contributed by atoms with Crippen LogP contribution in [-0.4, -0.2) is 51.3 Å². The molecule has 2 aromatic rings. The van der Waals surface area contributed by atoms with Gasteiger partial charge in [0.1, 0.15) is 18.2 Å². The summed E-state index contributed by atoms with van der Waals surface area (Å²) in [7, 11) is 1.94. The Morgan fingerprint density at radius 3 is 2.74 bits per heavy atom. The average Bonchev–Trinajstić information content (AvgIpc) is 3.32. The van der Waals surface area contributed by atoms with Gasteiger partial charge in [-0.3, -0.25) is 4.90 Å². The van der Waals surface area contributed by atoms with E-state index >= 15 is 0 Å². The van der Waals surface area contributed by atoms with Gasteiger partial charge in [0.2, 0.25) is 0 Å². The van der Waals surface area contributed by atoms with Crippen molar-refractivity contribution in [2.75, 3.05) is 19.6 Å². The summed E-state index contributed by atoms with van der Waals surface area (Å²) in [6, 6.07) is 5.78. The number of guanidine groups is 1. The minimum absolute atomic E-state index is 0. The summed E-state index contributed by atoms with van der Waals surface area (Å²) in [6.07, 6.45) is 2.42. The molecule has 1 aromatic carbocycles. The highest BCUT2D eigenvalue weighted by Crippen LogP contribution is 2.17. The maximum absolute atomic E-state index is 14.0. The molecule has 172 valence electrons. The van der Waals surface area contributed by atoms with Crippen molar-refractivity contribution >= 4 is 29.9 Å². The number of hydrogen-bond donors (Lipinski definition) is 2. The third-order valence-corrected chi connectivity index (χ3v) is 6.02. The molecule has 2 heterocycles. The second-order valence-electron chi connectivity index (χ2n) is 8.07. The SMILES string of the molecule is CCN1CCCC1CNC(=NCc1nnc(C)n1C)NC(C)c1ccc(C)c(F)c1.I. The number of aryl methyl sites for hydroxylation is 2. The second kappa shape index (κ2) is 11.8. The van der Waals surface area contributed by atoms with Gasteiger partial charge in [-0.05, 0) is 63.9 Å². The number of hydrogen-bond acceptors (Lipinski definition) is 4. The topological polar surface area (TPSA) is 70.4 Å². The molecule has 1 aliphatic heterocycles. The number of likely N-dealkylation sites (tertiary alicyclic amines) is 1. The monoisotopic (exact) mass is 543 g/mol. The van der Waals surface area contributed by atoms with Crippen molar-refractivity contribution in [1.82, 2.24) is 30.3 Å². The van der Waals surface area contributed by atoms with Gasteiger partial charge in [-0.25, -0.2) is 9.38 Å². The van der Waals surface area contributed by atoms with E-state index in [4.69, 9.17) is 4.99 Å². The van der Waals surface area contributed by atoms with Gasteiger partial charge in [0.25, 0.3) is 0 Å². The number of aliphatic imine (C=N–C) groups is 1. The van der Waals surface area contributed by atoms with Crippen LogP contribution >= 0.6 is 24.0 Å². The first-order chi connectivity index (χ1) is 14.4. The molecule has 2 unspecified atom stereocenters. The Balaban J connectivity index is 0.00000341. The molecule has 31 heavy (non-hydrogen) atoms. The molecule has 0 amide bonds. The summed E-state index contributed by atoms with van der Waals surface area (Å²) >= 11 is 0. The lowest BCUT2D eigenvalue weighted by Gasteiger charge is -2.25. The maximum Gasteiger partial charge on any atom is 0.192 e. The van der Waals surface area contributed by atoms with Gasteiger partial charge in [-0.2, -0.15) is 0 Å². The fourth-order valence-electron chi connectivity index (χ4n) is 3.82. The first-order valence-corrected chi connectivity index (χ1v) is 10.8. The van der Waals surface area contributed by atoms with Crippen LogP contribution in [-0.2, 0) is 13.6 Å². The van der Waals surface area contributed by atoms with E-state index in [9.17, 15) is 4.39 Å². The standard InChI is InChI=1S/C22H34FN7.HI/c1-6-30-11-7-8-19(30)13-24-22(25-14-21-28-27-17(4)29(21)5)26-16(3)18-10-9-15(2)20(23)12-18;/h9-10,12,16,19H,6-8,11,13-14H2,1-5H3,(H2,24,25,26);1H. The van der Waals surface area contributed by atoms with Crippen LogP contribution in [0.15, 0.2) is 23.2 Å². The van der Waals surface area contributed by atoms with Crippen molar-refractivity contribution in [3.63, 3.8) is 0 Å². The maximum atomic E-state index is 14.0. The summed E-state index contributed by atoms with van der Waals surface area (Å²) in [5.41, 5.74) is 1.54. The smallest absolute Gasteiger partial charge is 0.192 e. The minimum atomic E-state index is -0.188. The zero-order chi connectivity index (χ0) is 21.7. The lowest BCUT2D eigenvalue weighted by Crippen LogP contribution is -2.45.